The van der Waals surface area contributed by atoms with Crippen LogP contribution in [0.2, 0.25) is 0 Å². The van der Waals surface area contributed by atoms with Gasteiger partial charge in [0.25, 0.3) is 0 Å². The third kappa shape index (κ3) is 6.28. The minimum Gasteiger partial charge on any atom is -0.493 e. The number of unbranched alkanes of at least 4 members (excludes halogenated alkanes) is 1. The number of benzene rings is 3. The molecule has 0 saturated heterocycles. The quantitative estimate of drug-likeness (QED) is 0.170. The van der Waals surface area contributed by atoms with Crippen molar-refractivity contribution >= 4 is 17.2 Å². The summed E-state index contributed by atoms with van der Waals surface area (Å²) in [6.45, 7) is 8.28. The molecular formula is C31H36N2O5. The van der Waals surface area contributed by atoms with Crippen LogP contribution in [0.1, 0.15) is 51.9 Å². The number of rotatable bonds is 9. The predicted octanol–water partition coefficient (Wildman–Crippen LogP) is 7.43. The van der Waals surface area contributed by atoms with Crippen LogP contribution in [0.4, 0.5) is 4.79 Å². The number of hydrogen-bond donors (Lipinski definition) is 0. The van der Waals surface area contributed by atoms with Gasteiger partial charge in [0.15, 0.2) is 11.5 Å². The van der Waals surface area contributed by atoms with Crippen molar-refractivity contribution in [1.82, 2.24) is 9.55 Å². The highest BCUT2D eigenvalue weighted by Gasteiger charge is 2.20. The number of hydrogen-bond acceptors (Lipinski definition) is 6. The molecule has 0 saturated carbocycles. The zero-order valence-electron chi connectivity index (χ0n) is 23.0. The van der Waals surface area contributed by atoms with Gasteiger partial charge in [-0.05, 0) is 44.4 Å². The molecule has 38 heavy (non-hydrogen) atoms. The number of methoxy groups -OCH3 is 2. The molecular weight excluding hydrogens is 480 g/mol. The summed E-state index contributed by atoms with van der Waals surface area (Å²) < 4.78 is 24.2. The Kier molecular flexibility index (Phi) is 8.25. The predicted molar refractivity (Wildman–Crippen MR) is 149 cm³/mol. The Balaban J connectivity index is 1.63. The number of aryl methyl sites for hydroxylation is 1. The van der Waals surface area contributed by atoms with Gasteiger partial charge < -0.3 is 23.5 Å². The lowest BCUT2D eigenvalue weighted by Gasteiger charge is -2.19. The van der Waals surface area contributed by atoms with Gasteiger partial charge in [0, 0.05) is 30.7 Å². The molecule has 3 aromatic carbocycles. The molecule has 0 spiro atoms. The zero-order chi connectivity index (χ0) is 27.3. The number of nitrogens with zero attached hydrogens (tertiary/aromatic N) is 2. The highest BCUT2D eigenvalue weighted by Crippen LogP contribution is 2.34. The average molecular weight is 517 g/mol. The lowest BCUT2D eigenvalue weighted by atomic mass is 10.0. The number of carbonyl (C=O) groups is 1. The molecule has 0 radical (unpaired) electrons. The third-order valence-electron chi connectivity index (χ3n) is 6.16. The van der Waals surface area contributed by atoms with E-state index in [9.17, 15) is 4.79 Å². The molecule has 200 valence electrons. The van der Waals surface area contributed by atoms with E-state index in [2.05, 4.69) is 23.6 Å². The van der Waals surface area contributed by atoms with Gasteiger partial charge in [0.1, 0.15) is 17.2 Å². The highest BCUT2D eigenvalue weighted by molar-refractivity contribution is 5.81. The lowest BCUT2D eigenvalue weighted by molar-refractivity contribution is 0.0207. The van der Waals surface area contributed by atoms with Gasteiger partial charge in [-0.15, -0.1) is 0 Å². The number of aromatic nitrogens is 2. The van der Waals surface area contributed by atoms with Crippen LogP contribution >= 0.6 is 0 Å². The van der Waals surface area contributed by atoms with Crippen LogP contribution in [0.5, 0.6) is 17.2 Å². The second-order valence-electron chi connectivity index (χ2n) is 10.2. The van der Waals surface area contributed by atoms with E-state index in [1.54, 1.807) is 20.3 Å². The third-order valence-corrected chi connectivity index (χ3v) is 6.16. The highest BCUT2D eigenvalue weighted by atomic mass is 16.7. The van der Waals surface area contributed by atoms with E-state index >= 15 is 0 Å². The van der Waals surface area contributed by atoms with Crippen LogP contribution in [0.3, 0.4) is 0 Å². The Bertz CT molecular complexity index is 1400. The number of ether oxygens (including phenoxy) is 4. The maximum absolute atomic E-state index is 12.3. The molecule has 0 fully saturated rings. The van der Waals surface area contributed by atoms with Gasteiger partial charge in [-0.25, -0.2) is 9.78 Å². The summed E-state index contributed by atoms with van der Waals surface area (Å²) in [5, 5.41) is 0. The molecule has 7 heteroatoms. The first-order chi connectivity index (χ1) is 18.2. The Hall–Kier alpha value is -4.00. The molecule has 4 rings (SSSR count). The topological polar surface area (TPSA) is 71.8 Å². The molecule has 0 amide bonds. The zero-order valence-corrected chi connectivity index (χ0v) is 23.0. The Labute approximate surface area is 224 Å². The fourth-order valence-corrected chi connectivity index (χ4v) is 4.33. The Morgan fingerprint density at radius 3 is 2.26 bits per heavy atom. The van der Waals surface area contributed by atoms with E-state index in [0.29, 0.717) is 23.8 Å². The summed E-state index contributed by atoms with van der Waals surface area (Å²) >= 11 is 0. The van der Waals surface area contributed by atoms with Gasteiger partial charge >= 0.3 is 6.16 Å². The molecule has 1 aromatic heterocycles. The number of imidazole rings is 1. The largest absolute Gasteiger partial charge is 0.514 e. The summed E-state index contributed by atoms with van der Waals surface area (Å²) in [5.74, 6) is 2.85. The van der Waals surface area contributed by atoms with E-state index in [-0.39, 0.29) is 0 Å². The molecule has 0 aliphatic carbocycles. The monoisotopic (exact) mass is 516 g/mol. The second kappa shape index (κ2) is 11.6. The van der Waals surface area contributed by atoms with Crippen molar-refractivity contribution in [3.05, 3.63) is 72.1 Å². The van der Waals surface area contributed by atoms with E-state index < -0.39 is 11.8 Å². The Morgan fingerprint density at radius 1 is 0.921 bits per heavy atom. The van der Waals surface area contributed by atoms with Gasteiger partial charge in [-0.2, -0.15) is 0 Å². The number of fused-ring (bicyclic) bond motifs is 1. The van der Waals surface area contributed by atoms with Crippen molar-refractivity contribution in [3.63, 3.8) is 0 Å². The van der Waals surface area contributed by atoms with Crippen LogP contribution in [-0.4, -0.2) is 35.5 Å². The fourth-order valence-electron chi connectivity index (χ4n) is 4.33. The molecule has 0 N–H and O–H groups in total. The molecule has 1 heterocycles. The molecule has 0 bridgehead atoms. The molecule has 0 atom stereocenters. The van der Waals surface area contributed by atoms with Gasteiger partial charge in [-0.3, -0.25) is 0 Å². The second-order valence-corrected chi connectivity index (χ2v) is 10.2. The smallest absolute Gasteiger partial charge is 0.493 e. The van der Waals surface area contributed by atoms with Crippen LogP contribution in [-0.2, 0) is 17.7 Å². The Morgan fingerprint density at radius 2 is 1.61 bits per heavy atom. The SMILES string of the molecule is CCCCc1nc2cc(OC)c(OC)cc2n1Cc1ccc(-c2ccccc2OC(=O)OC(C)(C)C)cc1. The van der Waals surface area contributed by atoms with Crippen LogP contribution in [0, 0.1) is 0 Å². The molecule has 4 aromatic rings. The summed E-state index contributed by atoms with van der Waals surface area (Å²) in [5.41, 5.74) is 4.16. The first-order valence-electron chi connectivity index (χ1n) is 12.9. The first-order valence-corrected chi connectivity index (χ1v) is 12.9. The molecule has 0 unspecified atom stereocenters. The van der Waals surface area contributed by atoms with E-state index in [1.165, 1.54) is 0 Å². The summed E-state index contributed by atoms with van der Waals surface area (Å²) in [4.78, 5) is 17.2. The van der Waals surface area contributed by atoms with Crippen molar-refractivity contribution in [1.29, 1.82) is 0 Å². The van der Waals surface area contributed by atoms with E-state index in [4.69, 9.17) is 23.9 Å². The van der Waals surface area contributed by atoms with Crippen LogP contribution in [0.25, 0.3) is 22.2 Å². The summed E-state index contributed by atoms with van der Waals surface area (Å²) in [6.07, 6.45) is 2.32. The maximum atomic E-state index is 12.3. The van der Waals surface area contributed by atoms with E-state index in [1.807, 2.05) is 63.2 Å². The van der Waals surface area contributed by atoms with Gasteiger partial charge in [0.05, 0.1) is 25.3 Å². The van der Waals surface area contributed by atoms with E-state index in [0.717, 1.165) is 52.8 Å². The summed E-state index contributed by atoms with van der Waals surface area (Å²) in [7, 11) is 3.28. The van der Waals surface area contributed by atoms with Crippen molar-refractivity contribution < 1.29 is 23.7 Å². The standard InChI is InChI=1S/C31H36N2O5/c1-7-8-13-29-32-24-18-27(35-5)28(36-6)19-25(24)33(29)20-21-14-16-22(17-15-21)23-11-9-10-12-26(23)37-30(34)38-31(2,3)4/h9-12,14-19H,7-8,13,20H2,1-6H3. The van der Waals surface area contributed by atoms with Gasteiger partial charge in [0.2, 0.25) is 0 Å². The minimum atomic E-state index is -0.722. The number of carbonyl (C=O) groups excluding carboxylic acids is 1. The lowest BCUT2D eigenvalue weighted by Crippen LogP contribution is -2.26. The van der Waals surface area contributed by atoms with Crippen molar-refractivity contribution in [2.45, 2.75) is 59.1 Å². The first kappa shape index (κ1) is 27.0. The fraction of sp³-hybridized carbons (Fsp3) is 0.355. The molecule has 7 nitrogen and oxygen atoms in total. The van der Waals surface area contributed by atoms with Gasteiger partial charge in [-0.1, -0.05) is 55.8 Å². The maximum Gasteiger partial charge on any atom is 0.514 e. The average Bonchev–Trinajstić information content (AvgIpc) is 3.22. The van der Waals surface area contributed by atoms with Crippen molar-refractivity contribution in [2.24, 2.45) is 0 Å². The van der Waals surface area contributed by atoms with Crippen LogP contribution < -0.4 is 14.2 Å². The summed E-state index contributed by atoms with van der Waals surface area (Å²) in [6, 6.07) is 19.7. The molecule has 0 aliphatic heterocycles. The minimum absolute atomic E-state index is 0.456. The normalized spacial score (nSPS) is 11.4. The molecule has 0 aliphatic rings. The van der Waals surface area contributed by atoms with Crippen molar-refractivity contribution in [2.75, 3.05) is 14.2 Å². The van der Waals surface area contributed by atoms with Crippen molar-refractivity contribution in [3.8, 4) is 28.4 Å². The number of para-hydroxylation sites is 1. The van der Waals surface area contributed by atoms with Crippen LogP contribution in [0.15, 0.2) is 60.7 Å².